The van der Waals surface area contributed by atoms with E-state index in [1.54, 1.807) is 19.9 Å². The molecule has 0 bridgehead atoms. The zero-order valence-electron chi connectivity index (χ0n) is 21.6. The Morgan fingerprint density at radius 2 is 1.74 bits per heavy atom. The molecule has 0 aliphatic heterocycles. The van der Waals surface area contributed by atoms with Crippen LogP contribution in [0.25, 0.3) is 32.6 Å². The van der Waals surface area contributed by atoms with Gasteiger partial charge in [0, 0.05) is 12.6 Å². The molecule has 0 N–H and O–H groups in total. The molecule has 0 unspecified atom stereocenters. The third kappa shape index (κ3) is 4.43. The number of pyridine rings is 1. The molecule has 0 aliphatic carbocycles. The molecule has 0 saturated heterocycles. The molecule has 2 aromatic heterocycles. The fraction of sp³-hybridized carbons (Fsp3) is 0.333. The van der Waals surface area contributed by atoms with Gasteiger partial charge in [-0.25, -0.2) is 9.55 Å². The molecule has 0 fully saturated rings. The number of hydrogen-bond acceptors (Lipinski definition) is 2. The van der Waals surface area contributed by atoms with Gasteiger partial charge < -0.3 is 0 Å². The van der Waals surface area contributed by atoms with E-state index in [4.69, 9.17) is 1.37 Å². The average Bonchev–Trinajstić information content (AvgIpc) is 3.16. The van der Waals surface area contributed by atoms with Crippen molar-refractivity contribution in [2.45, 2.75) is 52.5 Å². The lowest BCUT2D eigenvalue weighted by Gasteiger charge is -2.22. The number of alkyl halides is 3. The quantitative estimate of drug-likeness (QED) is 0.210. The number of benzene rings is 2. The Labute approximate surface area is 205 Å². The van der Waals surface area contributed by atoms with Crippen molar-refractivity contribution in [2.24, 2.45) is 7.05 Å². The second kappa shape index (κ2) is 8.61. The van der Waals surface area contributed by atoms with Crippen LogP contribution in [0.4, 0.5) is 13.2 Å². The first-order valence-corrected chi connectivity index (χ1v) is 15.5. The Bertz CT molecular complexity index is 1420. The molecule has 0 atom stereocenters. The van der Waals surface area contributed by atoms with Gasteiger partial charge in [0.25, 0.3) is 0 Å². The van der Waals surface area contributed by atoms with E-state index in [9.17, 15) is 13.2 Å². The van der Waals surface area contributed by atoms with Gasteiger partial charge in [-0.2, -0.15) is 13.2 Å². The first-order valence-electron chi connectivity index (χ1n) is 11.7. The fourth-order valence-corrected chi connectivity index (χ4v) is 7.03. The first kappa shape index (κ1) is 23.2. The minimum absolute atomic E-state index is 0.262. The zero-order valence-corrected chi connectivity index (χ0v) is 22.4. The molecule has 0 radical (unpaired) electrons. The number of aromatic nitrogens is 2. The number of halogens is 3. The number of thiazole rings is 1. The van der Waals surface area contributed by atoms with Crippen molar-refractivity contribution in [3.63, 3.8) is 0 Å². The molecular formula is C27H30F3N2SSi+. The van der Waals surface area contributed by atoms with Crippen molar-refractivity contribution in [1.82, 2.24) is 4.98 Å². The standard InChI is InChI=1S/C27H30F3N2SSi/c1-16(2)23-24(17(3)13-21-25(23)31-26(33-21)27(28,29)30)20-14-19(18-11-9-8-10-12-18)22(15-32(20)4)34(5,6)7/h8-16H,1-7H3/q+1/i16D. The molecule has 2 heterocycles. The monoisotopic (exact) mass is 500 g/mol. The van der Waals surface area contributed by atoms with E-state index in [-0.39, 0.29) is 5.52 Å². The number of fused-ring (bicyclic) bond motifs is 1. The summed E-state index contributed by atoms with van der Waals surface area (Å²) in [5, 5.41) is 0.423. The van der Waals surface area contributed by atoms with E-state index in [0.29, 0.717) is 21.6 Å². The molecule has 2 aromatic carbocycles. The number of aryl methyl sites for hydroxylation is 2. The maximum Gasteiger partial charge on any atom is 0.443 e. The van der Waals surface area contributed by atoms with Crippen LogP contribution in [0.3, 0.4) is 0 Å². The Kier molecular flexibility index (Phi) is 5.88. The predicted octanol–water partition coefficient (Wildman–Crippen LogP) is 7.45. The summed E-state index contributed by atoms with van der Waals surface area (Å²) in [5.74, 6) is -1.16. The largest absolute Gasteiger partial charge is 0.443 e. The lowest BCUT2D eigenvalue weighted by Crippen LogP contribution is -2.46. The summed E-state index contributed by atoms with van der Waals surface area (Å²) in [6.45, 7) is 12.2. The Morgan fingerprint density at radius 3 is 2.29 bits per heavy atom. The maximum atomic E-state index is 13.5. The smallest absolute Gasteiger partial charge is 0.232 e. The van der Waals surface area contributed by atoms with E-state index in [1.807, 2.05) is 32.2 Å². The molecule has 0 saturated carbocycles. The van der Waals surface area contributed by atoms with E-state index in [0.717, 1.165) is 27.9 Å². The normalized spacial score (nSPS) is 13.4. The second-order valence-electron chi connectivity index (χ2n) is 10.0. The van der Waals surface area contributed by atoms with Gasteiger partial charge in [-0.3, -0.25) is 0 Å². The molecule has 4 rings (SSSR count). The summed E-state index contributed by atoms with van der Waals surface area (Å²) in [4.78, 5) is 4.02. The van der Waals surface area contributed by atoms with Crippen LogP contribution in [0.2, 0.25) is 19.6 Å². The fourth-order valence-electron chi connectivity index (χ4n) is 4.48. The van der Waals surface area contributed by atoms with E-state index >= 15 is 0 Å². The van der Waals surface area contributed by atoms with Crippen molar-refractivity contribution < 1.29 is 19.1 Å². The van der Waals surface area contributed by atoms with Crippen LogP contribution in [0, 0.1) is 6.92 Å². The van der Waals surface area contributed by atoms with Crippen LogP contribution in [-0.2, 0) is 13.2 Å². The van der Waals surface area contributed by atoms with E-state index < -0.39 is 25.2 Å². The van der Waals surface area contributed by atoms with Crippen LogP contribution in [0.1, 0.15) is 37.2 Å². The van der Waals surface area contributed by atoms with Crippen LogP contribution in [0.15, 0.2) is 48.7 Å². The van der Waals surface area contributed by atoms with Gasteiger partial charge >= 0.3 is 6.18 Å². The van der Waals surface area contributed by atoms with Crippen molar-refractivity contribution in [3.05, 3.63) is 64.8 Å². The van der Waals surface area contributed by atoms with Gasteiger partial charge in [0.2, 0.25) is 5.69 Å². The molecule has 2 nitrogen and oxygen atoms in total. The van der Waals surface area contributed by atoms with Gasteiger partial charge in [-0.15, -0.1) is 11.3 Å². The molecule has 0 spiro atoms. The summed E-state index contributed by atoms with van der Waals surface area (Å²) in [6.07, 6.45) is -2.36. The van der Waals surface area contributed by atoms with Gasteiger partial charge in [0.05, 0.1) is 23.9 Å². The summed E-state index contributed by atoms with van der Waals surface area (Å²) in [6, 6.07) is 14.1. The van der Waals surface area contributed by atoms with Gasteiger partial charge in [-0.1, -0.05) is 63.8 Å². The Hall–Kier alpha value is -2.51. The van der Waals surface area contributed by atoms with Crippen molar-refractivity contribution in [2.75, 3.05) is 0 Å². The summed E-state index contributed by atoms with van der Waals surface area (Å²) >= 11 is 0.642. The lowest BCUT2D eigenvalue weighted by molar-refractivity contribution is -0.659. The number of rotatable bonds is 4. The molecular weight excluding hydrogens is 469 g/mol. The SMILES string of the molecule is [2H]C(C)(C)c1c(-c2cc(-c3ccccc3)c([Si](C)(C)C)c[n+]2C)c(C)cc2sc(C(F)(F)F)nc12. The Balaban J connectivity index is 2.12. The predicted molar refractivity (Wildman–Crippen MR) is 138 cm³/mol. The topological polar surface area (TPSA) is 16.8 Å². The summed E-state index contributed by atoms with van der Waals surface area (Å²) in [7, 11) is 0.238. The minimum atomic E-state index is -4.52. The molecule has 7 heteroatoms. The van der Waals surface area contributed by atoms with Gasteiger partial charge in [0.1, 0.15) is 7.05 Å². The summed E-state index contributed by atoms with van der Waals surface area (Å²) < 4.78 is 52.1. The maximum absolute atomic E-state index is 13.5. The van der Waals surface area contributed by atoms with Crippen molar-refractivity contribution >= 4 is 34.8 Å². The lowest BCUT2D eigenvalue weighted by atomic mass is 9.89. The Morgan fingerprint density at radius 1 is 1.09 bits per heavy atom. The van der Waals surface area contributed by atoms with Crippen LogP contribution < -0.4 is 9.75 Å². The second-order valence-corrected chi connectivity index (χ2v) is 16.1. The summed E-state index contributed by atoms with van der Waals surface area (Å²) in [5.41, 5.74) is 5.49. The van der Waals surface area contributed by atoms with Crippen molar-refractivity contribution in [3.8, 4) is 22.4 Å². The third-order valence-electron chi connectivity index (χ3n) is 6.05. The van der Waals surface area contributed by atoms with E-state index in [1.165, 1.54) is 5.19 Å². The molecule has 0 amide bonds. The highest BCUT2D eigenvalue weighted by atomic mass is 32.1. The number of hydrogen-bond donors (Lipinski definition) is 0. The van der Waals surface area contributed by atoms with Crippen molar-refractivity contribution in [1.29, 1.82) is 0 Å². The first-order chi connectivity index (χ1) is 16.1. The highest BCUT2D eigenvalue weighted by Gasteiger charge is 2.36. The van der Waals surface area contributed by atoms with Gasteiger partial charge in [0.15, 0.2) is 11.2 Å². The highest BCUT2D eigenvalue weighted by molar-refractivity contribution is 7.18. The minimum Gasteiger partial charge on any atom is -0.232 e. The molecule has 4 aromatic rings. The van der Waals surface area contributed by atoms with Crippen LogP contribution in [-0.4, -0.2) is 13.1 Å². The van der Waals surface area contributed by atoms with Gasteiger partial charge in [-0.05, 0) is 41.1 Å². The zero-order chi connectivity index (χ0) is 25.9. The third-order valence-corrected chi connectivity index (χ3v) is 9.11. The highest BCUT2D eigenvalue weighted by Crippen LogP contribution is 2.42. The van der Waals surface area contributed by atoms with E-state index in [2.05, 4.69) is 53.6 Å². The van der Waals surface area contributed by atoms with Crippen LogP contribution >= 0.6 is 11.3 Å². The van der Waals surface area contributed by atoms with Crippen LogP contribution in [0.5, 0.6) is 0 Å². The average molecular weight is 501 g/mol. The molecule has 178 valence electrons. The molecule has 0 aliphatic rings. The molecule has 34 heavy (non-hydrogen) atoms. The number of nitrogens with zero attached hydrogens (tertiary/aromatic N) is 2.